The molecule has 0 aliphatic heterocycles. The van der Waals surface area contributed by atoms with E-state index in [1.807, 2.05) is 125 Å². The van der Waals surface area contributed by atoms with Crippen molar-refractivity contribution in [1.82, 2.24) is 0 Å². The van der Waals surface area contributed by atoms with Gasteiger partial charge in [-0.3, -0.25) is 0 Å². The molecular weight excluding hydrogens is 1150 g/mol. The van der Waals surface area contributed by atoms with E-state index in [0.29, 0.717) is 39.3 Å². The largest absolute Gasteiger partial charge is 1.00 e. The molecule has 6 aromatic rings. The Morgan fingerprint density at radius 3 is 1.18 bits per heavy atom. The fraction of sp³-hybridized carbons (Fsp3) is 0.416. The molecule has 0 radical (unpaired) electrons. The summed E-state index contributed by atoms with van der Waals surface area (Å²) in [7, 11) is -2.15. The number of halogens is 2. The number of hydrogen-bond acceptors (Lipinski definition) is 8. The van der Waals surface area contributed by atoms with Crippen LogP contribution in [0, 0.1) is 42.9 Å². The fourth-order valence-corrected chi connectivity index (χ4v) is 19.0. The third-order valence-electron chi connectivity index (χ3n) is 14.5. The minimum absolute atomic E-state index is 0. The van der Waals surface area contributed by atoms with Crippen LogP contribution in [0.4, 0.5) is 8.78 Å². The van der Waals surface area contributed by atoms with Crippen LogP contribution in [-0.4, -0.2) is 79.2 Å². The molecule has 0 saturated carbocycles. The molecular formula is C77H109F2LiO8Si2. The van der Waals surface area contributed by atoms with Crippen LogP contribution >= 0.6 is 0 Å². The van der Waals surface area contributed by atoms with Crippen LogP contribution in [0.25, 0.3) is 0 Å². The summed E-state index contributed by atoms with van der Waals surface area (Å²) < 4.78 is 63.8. The number of aliphatic hydroxyl groups is 2. The van der Waals surface area contributed by atoms with Crippen LogP contribution < -0.4 is 49.1 Å². The Bertz CT molecular complexity index is 2870. The predicted molar refractivity (Wildman–Crippen MR) is 378 cm³/mol. The van der Waals surface area contributed by atoms with Crippen molar-refractivity contribution < 1.29 is 65.7 Å². The standard InChI is InChI=1S/C35H43FO4Si.C23H31FO2Si.C12H14O2.C4H9.3CH4.Li/c1-27(25-33(36)34(37)19-13-14-24-39-26-29-20-22-30(38-6)23-21-29)28(2)40-41(35(3,4)5,31-15-9-7-10-16-31)32-17-11-8-12-18-32;1-18(16-20(24)17-25)19(2)26-27(23(3,4)5,21-12-8-6-9-13-21)22-14-10-7-11-15-22;1-3-4-9-14-10-11-5-7-12(13-2)8-6-11;1-3-4-2;;;;/h7-12,15-18,20-23,25,27-28,34,37H,14,24,26H2,1-6H3;6-16,18-19,25H,17H2,1-5H3;1,5-8H,4,9-10H2,2H3;1,3-4H2,2H3;3*1H4;/q;;;-1;;;;+1/b33-25+;20-16+;;;;;;. The Kier molecular flexibility index (Phi) is 43.5. The number of rotatable bonds is 25. The molecule has 90 heavy (non-hydrogen) atoms. The van der Waals surface area contributed by atoms with Gasteiger partial charge in [0.2, 0.25) is 0 Å². The summed E-state index contributed by atoms with van der Waals surface area (Å²) in [5.74, 6) is 7.98. The summed E-state index contributed by atoms with van der Waals surface area (Å²) in [4.78, 5) is 0. The van der Waals surface area contributed by atoms with Crippen LogP contribution in [0.3, 0.4) is 0 Å². The first-order valence-electron chi connectivity index (χ1n) is 29.8. The first-order chi connectivity index (χ1) is 41.1. The van der Waals surface area contributed by atoms with Gasteiger partial charge in [0.25, 0.3) is 16.6 Å². The molecule has 0 bridgehead atoms. The van der Waals surface area contributed by atoms with Gasteiger partial charge < -0.3 is 44.9 Å². The number of unbranched alkanes of at least 4 members (excludes halogenated alkanes) is 1. The fourth-order valence-electron chi connectivity index (χ4n) is 9.42. The van der Waals surface area contributed by atoms with Gasteiger partial charge in [0.15, 0.2) is 6.10 Å². The molecule has 0 aromatic heterocycles. The molecule has 0 aliphatic rings. The number of aliphatic hydroxyl groups excluding tert-OH is 2. The van der Waals surface area contributed by atoms with Crippen molar-refractivity contribution in [3.05, 3.63) is 212 Å². The zero-order valence-corrected chi connectivity index (χ0v) is 56.5. The second-order valence-corrected chi connectivity index (χ2v) is 31.6. The number of terminal acetylenes is 1. The molecule has 6 rings (SSSR count). The van der Waals surface area contributed by atoms with E-state index in [1.54, 1.807) is 14.2 Å². The molecule has 0 saturated heterocycles. The maximum absolute atomic E-state index is 15.0. The summed E-state index contributed by atoms with van der Waals surface area (Å²) >= 11 is 0. The maximum atomic E-state index is 15.0. The van der Waals surface area contributed by atoms with Crippen molar-refractivity contribution in [2.45, 2.75) is 166 Å². The summed E-state index contributed by atoms with van der Waals surface area (Å²) in [5, 5.41) is 23.8. The molecule has 0 amide bonds. The normalized spacial score (nSPS) is 13.0. The number of methoxy groups -OCH3 is 2. The third-order valence-corrected chi connectivity index (χ3v) is 24.8. The summed E-state index contributed by atoms with van der Waals surface area (Å²) in [6.07, 6.45) is 9.33. The average molecular weight is 1260 g/mol. The summed E-state index contributed by atoms with van der Waals surface area (Å²) in [6, 6.07) is 57.0. The Labute approximate surface area is 558 Å². The molecule has 13 heteroatoms. The third kappa shape index (κ3) is 27.6. The average Bonchev–Trinajstić information content (AvgIpc) is 0.759. The van der Waals surface area contributed by atoms with Crippen LogP contribution in [0.1, 0.15) is 135 Å². The van der Waals surface area contributed by atoms with E-state index >= 15 is 4.39 Å². The molecule has 0 heterocycles. The zero-order chi connectivity index (χ0) is 63.6. The summed E-state index contributed by atoms with van der Waals surface area (Å²) in [5.41, 5.74) is 2.15. The van der Waals surface area contributed by atoms with Gasteiger partial charge in [0.05, 0.1) is 47.3 Å². The Balaban J connectivity index is 0. The van der Waals surface area contributed by atoms with Crippen LogP contribution in [0.15, 0.2) is 194 Å². The molecule has 5 atom stereocenters. The molecule has 0 fully saturated rings. The van der Waals surface area contributed by atoms with Gasteiger partial charge in [-0.2, -0.15) is 6.42 Å². The van der Waals surface area contributed by atoms with Crippen molar-refractivity contribution in [3.8, 4) is 35.7 Å². The van der Waals surface area contributed by atoms with E-state index in [2.05, 4.69) is 146 Å². The predicted octanol–water partition coefficient (Wildman–Crippen LogP) is 13.6. The molecule has 8 nitrogen and oxygen atoms in total. The van der Waals surface area contributed by atoms with E-state index in [9.17, 15) is 9.50 Å². The molecule has 488 valence electrons. The van der Waals surface area contributed by atoms with Crippen molar-refractivity contribution in [2.24, 2.45) is 11.8 Å². The van der Waals surface area contributed by atoms with Gasteiger partial charge in [0, 0.05) is 36.9 Å². The first-order valence-corrected chi connectivity index (χ1v) is 33.6. The number of ether oxygens (including phenoxy) is 4. The van der Waals surface area contributed by atoms with Crippen LogP contribution in [0.5, 0.6) is 11.5 Å². The topological polar surface area (TPSA) is 95.8 Å². The van der Waals surface area contributed by atoms with E-state index in [1.165, 1.54) is 39.3 Å². The molecule has 2 N–H and O–H groups in total. The van der Waals surface area contributed by atoms with E-state index in [4.69, 9.17) is 39.3 Å². The SMILES string of the molecule is C.C.C.C#CCCOCc1ccc(OC)cc1.CC(/C=C(/F)CO)C(C)O[Si](c1ccccc1)(c1ccccc1)C(C)(C)C.COc1ccc(COCCC#CC(O)/C(F)=C\C(C)C(C)O[Si](c2ccccc2)(c2ccccc2)C(C)(C)C)cc1.[CH2-]CCC.[Li+]. The smallest absolute Gasteiger partial charge is 0.497 e. The van der Waals surface area contributed by atoms with Crippen molar-refractivity contribution in [2.75, 3.05) is 34.0 Å². The quantitative estimate of drug-likeness (QED) is 0.0253. The van der Waals surface area contributed by atoms with Crippen LogP contribution in [0.2, 0.25) is 10.1 Å². The first kappa shape index (κ1) is 86.2. The van der Waals surface area contributed by atoms with E-state index < -0.39 is 41.0 Å². The Morgan fingerprint density at radius 1 is 0.567 bits per heavy atom. The second kappa shape index (κ2) is 45.4. The zero-order valence-electron chi connectivity index (χ0n) is 54.5. The molecule has 5 unspecified atom stereocenters. The summed E-state index contributed by atoms with van der Waals surface area (Å²) in [6.45, 7) is 28.3. The van der Waals surface area contributed by atoms with Gasteiger partial charge in [0.1, 0.15) is 23.2 Å². The molecule has 6 aromatic carbocycles. The monoisotopic (exact) mass is 1260 g/mol. The van der Waals surface area contributed by atoms with Gasteiger partial charge in [-0.1, -0.05) is 248 Å². The van der Waals surface area contributed by atoms with Crippen LogP contribution in [-0.2, 0) is 31.5 Å². The number of benzene rings is 6. The number of hydrogen-bond donors (Lipinski definition) is 2. The minimum Gasteiger partial charge on any atom is -0.497 e. The minimum atomic E-state index is -2.78. The van der Waals surface area contributed by atoms with Crippen molar-refractivity contribution in [3.63, 3.8) is 0 Å². The molecule has 0 spiro atoms. The second-order valence-electron chi connectivity index (χ2n) is 23.1. The van der Waals surface area contributed by atoms with Crippen molar-refractivity contribution >= 4 is 37.4 Å². The van der Waals surface area contributed by atoms with Crippen molar-refractivity contribution in [1.29, 1.82) is 0 Å². The van der Waals surface area contributed by atoms with Gasteiger partial charge >= 0.3 is 18.9 Å². The van der Waals surface area contributed by atoms with Gasteiger partial charge in [-0.05, 0) is 92.2 Å². The molecule has 0 aliphatic carbocycles. The Morgan fingerprint density at radius 2 is 0.889 bits per heavy atom. The van der Waals surface area contributed by atoms with Gasteiger partial charge in [-0.25, -0.2) is 8.78 Å². The van der Waals surface area contributed by atoms with E-state index in [-0.39, 0.29) is 75.3 Å². The Hall–Kier alpha value is -5.83. The van der Waals surface area contributed by atoms with Gasteiger partial charge in [-0.15, -0.1) is 12.3 Å². The van der Waals surface area contributed by atoms with E-state index in [0.717, 1.165) is 29.0 Å². The maximum Gasteiger partial charge on any atom is 1.00 e.